The van der Waals surface area contributed by atoms with E-state index in [1.54, 1.807) is 22.8 Å². The van der Waals surface area contributed by atoms with E-state index in [0.29, 0.717) is 31.9 Å². The zero-order valence-electron chi connectivity index (χ0n) is 13.6. The van der Waals surface area contributed by atoms with E-state index in [2.05, 4.69) is 14.9 Å². The molecule has 0 N–H and O–H groups in total. The highest BCUT2D eigenvalue weighted by atomic mass is 16.2. The quantitative estimate of drug-likeness (QED) is 0.806. The maximum Gasteiger partial charge on any atom is 0.272 e. The molecule has 2 saturated heterocycles. The number of hydrogen-bond donors (Lipinski definition) is 0. The van der Waals surface area contributed by atoms with Crippen LogP contribution in [0.15, 0.2) is 12.4 Å². The fraction of sp³-hybridized carbons (Fsp3) is 0.625. The van der Waals surface area contributed by atoms with Crippen molar-refractivity contribution in [1.82, 2.24) is 19.8 Å². The Hall–Kier alpha value is -2.18. The third kappa shape index (κ3) is 3.60. The number of piperidine rings is 1. The van der Waals surface area contributed by atoms with Gasteiger partial charge in [-0.15, -0.1) is 0 Å². The third-order valence-electron chi connectivity index (χ3n) is 4.56. The van der Waals surface area contributed by atoms with Crippen LogP contribution in [0, 0.1) is 0 Å². The van der Waals surface area contributed by atoms with Crippen LogP contribution in [0.3, 0.4) is 0 Å². The van der Waals surface area contributed by atoms with Crippen LogP contribution in [0.5, 0.6) is 0 Å². The van der Waals surface area contributed by atoms with E-state index in [-0.39, 0.29) is 11.8 Å². The molecule has 0 radical (unpaired) electrons. The summed E-state index contributed by atoms with van der Waals surface area (Å²) in [5, 5.41) is 0. The van der Waals surface area contributed by atoms with Crippen LogP contribution in [-0.4, -0.2) is 70.9 Å². The Morgan fingerprint density at radius 3 is 2.22 bits per heavy atom. The van der Waals surface area contributed by atoms with Crippen LogP contribution in [0.2, 0.25) is 0 Å². The lowest BCUT2D eigenvalue weighted by Crippen LogP contribution is -2.50. The minimum atomic E-state index is -0.0751. The molecule has 2 aliphatic heterocycles. The molecule has 3 rings (SSSR count). The summed E-state index contributed by atoms with van der Waals surface area (Å²) in [6.45, 7) is 5.83. The van der Waals surface area contributed by atoms with Crippen molar-refractivity contribution in [3.05, 3.63) is 18.1 Å². The van der Waals surface area contributed by atoms with Gasteiger partial charge in [0.2, 0.25) is 5.91 Å². The van der Waals surface area contributed by atoms with Gasteiger partial charge in [-0.1, -0.05) is 0 Å². The fourth-order valence-corrected chi connectivity index (χ4v) is 3.15. The Kier molecular flexibility index (Phi) is 4.73. The predicted molar refractivity (Wildman–Crippen MR) is 86.3 cm³/mol. The average Bonchev–Trinajstić information content (AvgIpc) is 2.62. The SMILES string of the molecule is CC(=O)N1CCN(C(=O)c2cc(N3CCCCC3)ncn2)CC1. The van der Waals surface area contributed by atoms with E-state index in [1.807, 2.05) is 0 Å². The van der Waals surface area contributed by atoms with E-state index in [0.717, 1.165) is 18.9 Å². The second kappa shape index (κ2) is 6.93. The standard InChI is InChI=1S/C16H23N5O2/c1-13(22)19-7-9-21(10-8-19)16(23)14-11-15(18-12-17-14)20-5-3-2-4-6-20/h11-12H,2-10H2,1H3. The number of aromatic nitrogens is 2. The first-order valence-corrected chi connectivity index (χ1v) is 8.27. The molecule has 7 nitrogen and oxygen atoms in total. The monoisotopic (exact) mass is 317 g/mol. The second-order valence-electron chi connectivity index (χ2n) is 6.11. The summed E-state index contributed by atoms with van der Waals surface area (Å²) in [6, 6.07) is 1.80. The zero-order chi connectivity index (χ0) is 16.2. The van der Waals surface area contributed by atoms with Gasteiger partial charge in [0.25, 0.3) is 5.91 Å². The lowest BCUT2D eigenvalue weighted by atomic mass is 10.1. The number of amides is 2. The van der Waals surface area contributed by atoms with Crippen LogP contribution in [0.1, 0.15) is 36.7 Å². The molecule has 1 aromatic rings. The van der Waals surface area contributed by atoms with Gasteiger partial charge in [0, 0.05) is 52.3 Å². The summed E-state index contributed by atoms with van der Waals surface area (Å²) in [7, 11) is 0. The van der Waals surface area contributed by atoms with Gasteiger partial charge in [-0.25, -0.2) is 9.97 Å². The van der Waals surface area contributed by atoms with Gasteiger partial charge >= 0.3 is 0 Å². The summed E-state index contributed by atoms with van der Waals surface area (Å²) in [5.41, 5.74) is 0.442. The van der Waals surface area contributed by atoms with Gasteiger partial charge in [0.15, 0.2) is 0 Å². The predicted octanol–water partition coefficient (Wildman–Crippen LogP) is 0.771. The highest BCUT2D eigenvalue weighted by molar-refractivity contribution is 5.93. The summed E-state index contributed by atoms with van der Waals surface area (Å²) in [5.74, 6) is 0.825. The number of piperazine rings is 1. The smallest absolute Gasteiger partial charge is 0.272 e. The second-order valence-corrected chi connectivity index (χ2v) is 6.11. The van der Waals surface area contributed by atoms with Gasteiger partial charge in [-0.05, 0) is 19.3 Å². The molecule has 23 heavy (non-hydrogen) atoms. The van der Waals surface area contributed by atoms with Crippen molar-refractivity contribution in [2.75, 3.05) is 44.2 Å². The molecule has 7 heteroatoms. The Labute approximate surface area is 136 Å². The molecule has 0 aliphatic carbocycles. The molecular formula is C16H23N5O2. The molecule has 124 valence electrons. The largest absolute Gasteiger partial charge is 0.357 e. The minimum Gasteiger partial charge on any atom is -0.357 e. The summed E-state index contributed by atoms with van der Waals surface area (Å²) < 4.78 is 0. The third-order valence-corrected chi connectivity index (χ3v) is 4.56. The van der Waals surface area contributed by atoms with Crippen LogP contribution in [0.4, 0.5) is 5.82 Å². The van der Waals surface area contributed by atoms with Crippen molar-refractivity contribution in [2.45, 2.75) is 26.2 Å². The number of carbonyl (C=O) groups is 2. The molecule has 0 unspecified atom stereocenters. The lowest BCUT2D eigenvalue weighted by molar-refractivity contribution is -0.130. The van der Waals surface area contributed by atoms with Crippen molar-refractivity contribution in [1.29, 1.82) is 0 Å². The fourth-order valence-electron chi connectivity index (χ4n) is 3.15. The molecule has 0 atom stereocenters. The van der Waals surface area contributed by atoms with E-state index in [4.69, 9.17) is 0 Å². The van der Waals surface area contributed by atoms with Crippen molar-refractivity contribution >= 4 is 17.6 Å². The van der Waals surface area contributed by atoms with E-state index < -0.39 is 0 Å². The lowest BCUT2D eigenvalue weighted by Gasteiger charge is -2.34. The molecular weight excluding hydrogens is 294 g/mol. The van der Waals surface area contributed by atoms with Crippen molar-refractivity contribution in [3.63, 3.8) is 0 Å². The van der Waals surface area contributed by atoms with Crippen molar-refractivity contribution in [3.8, 4) is 0 Å². The maximum atomic E-state index is 12.6. The topological polar surface area (TPSA) is 69.6 Å². The van der Waals surface area contributed by atoms with Crippen LogP contribution >= 0.6 is 0 Å². The highest BCUT2D eigenvalue weighted by Crippen LogP contribution is 2.18. The maximum absolute atomic E-state index is 12.6. The molecule has 2 amide bonds. The van der Waals surface area contributed by atoms with Gasteiger partial charge in [0.05, 0.1) is 0 Å². The number of hydrogen-bond acceptors (Lipinski definition) is 5. The van der Waals surface area contributed by atoms with Crippen LogP contribution in [0.25, 0.3) is 0 Å². The first kappa shape index (κ1) is 15.7. The van der Waals surface area contributed by atoms with E-state index >= 15 is 0 Å². The molecule has 3 heterocycles. The zero-order valence-corrected chi connectivity index (χ0v) is 13.6. The Balaban J connectivity index is 1.67. The van der Waals surface area contributed by atoms with Crippen molar-refractivity contribution in [2.24, 2.45) is 0 Å². The Morgan fingerprint density at radius 2 is 1.57 bits per heavy atom. The van der Waals surface area contributed by atoms with Crippen molar-refractivity contribution < 1.29 is 9.59 Å². The van der Waals surface area contributed by atoms with E-state index in [9.17, 15) is 9.59 Å². The molecule has 0 spiro atoms. The molecule has 0 saturated carbocycles. The van der Waals surface area contributed by atoms with Gasteiger partial charge in [-0.2, -0.15) is 0 Å². The molecule has 2 aliphatic rings. The number of nitrogens with zero attached hydrogens (tertiary/aromatic N) is 5. The Morgan fingerprint density at radius 1 is 0.913 bits per heavy atom. The summed E-state index contributed by atoms with van der Waals surface area (Å²) >= 11 is 0. The van der Waals surface area contributed by atoms with Gasteiger partial charge < -0.3 is 14.7 Å². The van der Waals surface area contributed by atoms with Crippen LogP contribution in [-0.2, 0) is 4.79 Å². The number of anilines is 1. The van der Waals surface area contributed by atoms with Gasteiger partial charge in [0.1, 0.15) is 17.8 Å². The number of rotatable bonds is 2. The average molecular weight is 317 g/mol. The normalized spacial score (nSPS) is 18.9. The molecule has 2 fully saturated rings. The van der Waals surface area contributed by atoms with Gasteiger partial charge in [-0.3, -0.25) is 9.59 Å². The highest BCUT2D eigenvalue weighted by Gasteiger charge is 2.24. The van der Waals surface area contributed by atoms with Crippen LogP contribution < -0.4 is 4.90 Å². The first-order chi connectivity index (χ1) is 11.1. The first-order valence-electron chi connectivity index (χ1n) is 8.27. The molecule has 1 aromatic heterocycles. The summed E-state index contributed by atoms with van der Waals surface area (Å²) in [4.78, 5) is 38.2. The Bertz CT molecular complexity index is 578. The van der Waals surface area contributed by atoms with E-state index in [1.165, 1.54) is 25.6 Å². The molecule has 0 bridgehead atoms. The molecule has 0 aromatic carbocycles. The summed E-state index contributed by atoms with van der Waals surface area (Å²) in [6.07, 6.45) is 5.07. The number of carbonyl (C=O) groups excluding carboxylic acids is 2. The minimum absolute atomic E-state index is 0.0616.